The molecule has 0 aliphatic carbocycles. The average molecular weight is 565 g/mol. The second-order valence-electron chi connectivity index (χ2n) is 7.84. The SMILES string of the molecule is Cl.Cl.NC(=O)N1CCN(Cc2cccc(Oc3ccc(C(F)(F)F)cc3)c2)CC1c1cccnc1.O.O. The molecule has 1 aliphatic heterocycles. The van der Waals surface area contributed by atoms with Crippen LogP contribution in [0.3, 0.4) is 0 Å². The smallest absolute Gasteiger partial charge is 0.416 e. The molecule has 1 fully saturated rings. The molecular weight excluding hydrogens is 536 g/mol. The van der Waals surface area contributed by atoms with Gasteiger partial charge in [0.25, 0.3) is 0 Å². The summed E-state index contributed by atoms with van der Waals surface area (Å²) in [4.78, 5) is 20.0. The van der Waals surface area contributed by atoms with Gasteiger partial charge >= 0.3 is 12.2 Å². The third kappa shape index (κ3) is 8.76. The van der Waals surface area contributed by atoms with Gasteiger partial charge in [0.15, 0.2) is 0 Å². The molecule has 6 N–H and O–H groups in total. The fourth-order valence-electron chi connectivity index (χ4n) is 3.92. The number of piperazine rings is 1. The minimum atomic E-state index is -4.38. The summed E-state index contributed by atoms with van der Waals surface area (Å²) in [5.41, 5.74) is 6.77. The number of rotatable bonds is 5. The maximum absolute atomic E-state index is 12.7. The molecule has 2 aromatic carbocycles. The van der Waals surface area contributed by atoms with Crippen molar-refractivity contribution >= 4 is 30.8 Å². The van der Waals surface area contributed by atoms with Crippen LogP contribution in [0.5, 0.6) is 11.5 Å². The molecule has 3 aromatic rings. The van der Waals surface area contributed by atoms with Crippen molar-refractivity contribution in [2.75, 3.05) is 19.6 Å². The number of ether oxygens (including phenoxy) is 1. The zero-order valence-electron chi connectivity index (χ0n) is 19.5. The quantitative estimate of drug-likeness (QED) is 0.500. The Hall–Kier alpha value is -3.09. The van der Waals surface area contributed by atoms with E-state index < -0.39 is 17.8 Å². The second kappa shape index (κ2) is 14.6. The number of halogens is 5. The molecule has 1 saturated heterocycles. The molecular formula is C24H29Cl2F3N4O4. The summed E-state index contributed by atoms with van der Waals surface area (Å²) in [6.45, 7) is 2.37. The van der Waals surface area contributed by atoms with Gasteiger partial charge in [0.05, 0.1) is 11.6 Å². The lowest BCUT2D eigenvalue weighted by atomic mass is 10.0. The van der Waals surface area contributed by atoms with Crippen LogP contribution in [0.2, 0.25) is 0 Å². The summed E-state index contributed by atoms with van der Waals surface area (Å²) in [7, 11) is 0. The second-order valence-corrected chi connectivity index (χ2v) is 7.84. The van der Waals surface area contributed by atoms with Crippen LogP contribution in [0.25, 0.3) is 0 Å². The fraction of sp³-hybridized carbons (Fsp3) is 0.250. The summed E-state index contributed by atoms with van der Waals surface area (Å²) in [5, 5.41) is 0. The highest BCUT2D eigenvalue weighted by Gasteiger charge is 2.31. The predicted molar refractivity (Wildman–Crippen MR) is 138 cm³/mol. The minimum absolute atomic E-state index is 0. The maximum atomic E-state index is 12.7. The molecule has 1 unspecified atom stereocenters. The fourth-order valence-corrected chi connectivity index (χ4v) is 3.92. The highest BCUT2D eigenvalue weighted by molar-refractivity contribution is 5.85. The number of alkyl halides is 3. The van der Waals surface area contributed by atoms with Gasteiger partial charge in [-0.15, -0.1) is 24.8 Å². The number of nitrogens with zero attached hydrogens (tertiary/aromatic N) is 3. The van der Waals surface area contributed by atoms with Crippen molar-refractivity contribution in [3.05, 3.63) is 89.7 Å². The molecule has 0 spiro atoms. The van der Waals surface area contributed by atoms with Gasteiger partial charge in [-0.05, 0) is 53.6 Å². The Morgan fingerprint density at radius 2 is 1.70 bits per heavy atom. The largest absolute Gasteiger partial charge is 0.457 e. The van der Waals surface area contributed by atoms with Crippen LogP contribution in [0.1, 0.15) is 22.7 Å². The number of urea groups is 1. The third-order valence-electron chi connectivity index (χ3n) is 5.54. The van der Waals surface area contributed by atoms with Gasteiger partial charge in [-0.3, -0.25) is 9.88 Å². The van der Waals surface area contributed by atoms with Crippen LogP contribution in [0, 0.1) is 0 Å². The first-order chi connectivity index (χ1) is 15.8. The van der Waals surface area contributed by atoms with Gasteiger partial charge < -0.3 is 26.3 Å². The monoisotopic (exact) mass is 564 g/mol. The highest BCUT2D eigenvalue weighted by atomic mass is 35.5. The lowest BCUT2D eigenvalue weighted by molar-refractivity contribution is -0.137. The summed E-state index contributed by atoms with van der Waals surface area (Å²) >= 11 is 0. The highest BCUT2D eigenvalue weighted by Crippen LogP contribution is 2.32. The third-order valence-corrected chi connectivity index (χ3v) is 5.54. The molecule has 0 saturated carbocycles. The van der Waals surface area contributed by atoms with Gasteiger partial charge in [0, 0.05) is 38.6 Å². The van der Waals surface area contributed by atoms with Crippen LogP contribution in [-0.2, 0) is 12.7 Å². The standard InChI is InChI=1S/C24H23F3N4O2.2ClH.2H2O/c25-24(26,27)19-6-8-20(9-7-19)33-21-5-1-3-17(13-21)15-30-11-12-31(23(28)32)22(16-30)18-4-2-10-29-14-18;;;;/h1-10,13-14,22H,11-12,15-16H2,(H2,28,32);2*1H;2*1H2. The number of pyridine rings is 1. The Labute approximate surface area is 224 Å². The van der Waals surface area contributed by atoms with E-state index in [1.807, 2.05) is 30.3 Å². The van der Waals surface area contributed by atoms with E-state index in [0.29, 0.717) is 37.7 Å². The zero-order valence-corrected chi connectivity index (χ0v) is 21.2. The lowest BCUT2D eigenvalue weighted by Crippen LogP contribution is -2.51. The van der Waals surface area contributed by atoms with E-state index in [9.17, 15) is 18.0 Å². The van der Waals surface area contributed by atoms with Crippen LogP contribution < -0.4 is 10.5 Å². The Balaban J connectivity index is 0.00000324. The van der Waals surface area contributed by atoms with E-state index in [1.54, 1.807) is 23.4 Å². The Morgan fingerprint density at radius 3 is 2.30 bits per heavy atom. The van der Waals surface area contributed by atoms with E-state index in [4.69, 9.17) is 10.5 Å². The molecule has 2 amide bonds. The van der Waals surface area contributed by atoms with Crippen LogP contribution >= 0.6 is 24.8 Å². The van der Waals surface area contributed by atoms with Crippen molar-refractivity contribution in [3.8, 4) is 11.5 Å². The van der Waals surface area contributed by atoms with Crippen LogP contribution in [0.4, 0.5) is 18.0 Å². The first-order valence-electron chi connectivity index (χ1n) is 10.4. The average Bonchev–Trinajstić information content (AvgIpc) is 2.79. The van der Waals surface area contributed by atoms with Crippen molar-refractivity contribution in [1.29, 1.82) is 0 Å². The lowest BCUT2D eigenvalue weighted by Gasteiger charge is -2.40. The number of aromatic nitrogens is 1. The number of amides is 2. The maximum Gasteiger partial charge on any atom is 0.416 e. The summed E-state index contributed by atoms with van der Waals surface area (Å²) in [5.74, 6) is 0.860. The molecule has 1 aromatic heterocycles. The number of nitrogens with two attached hydrogens (primary N) is 1. The number of hydrogen-bond donors (Lipinski definition) is 1. The van der Waals surface area contributed by atoms with Gasteiger partial charge in [0.1, 0.15) is 11.5 Å². The number of carbonyl (C=O) groups is 1. The zero-order chi connectivity index (χ0) is 23.4. The Bertz CT molecular complexity index is 1110. The molecule has 0 bridgehead atoms. The predicted octanol–water partition coefficient (Wildman–Crippen LogP) is 4.02. The summed E-state index contributed by atoms with van der Waals surface area (Å²) in [6, 6.07) is 15.1. The number of hydrogen-bond acceptors (Lipinski definition) is 4. The van der Waals surface area contributed by atoms with Crippen LogP contribution in [-0.4, -0.2) is 51.4 Å². The van der Waals surface area contributed by atoms with E-state index >= 15 is 0 Å². The van der Waals surface area contributed by atoms with Gasteiger partial charge in [-0.25, -0.2) is 4.79 Å². The molecule has 1 atom stereocenters. The van der Waals surface area contributed by atoms with Crippen molar-refractivity contribution in [3.63, 3.8) is 0 Å². The molecule has 8 nitrogen and oxygen atoms in total. The number of primary amides is 1. The van der Waals surface area contributed by atoms with E-state index in [2.05, 4.69) is 9.88 Å². The molecule has 204 valence electrons. The molecule has 4 rings (SSSR count). The van der Waals surface area contributed by atoms with E-state index in [1.165, 1.54) is 12.1 Å². The van der Waals surface area contributed by atoms with Crippen molar-refractivity contribution in [2.24, 2.45) is 5.73 Å². The van der Waals surface area contributed by atoms with Crippen molar-refractivity contribution in [2.45, 2.75) is 18.8 Å². The summed E-state index contributed by atoms with van der Waals surface area (Å²) in [6.07, 6.45) is -0.964. The van der Waals surface area contributed by atoms with Gasteiger partial charge in [-0.1, -0.05) is 18.2 Å². The molecule has 2 heterocycles. The minimum Gasteiger partial charge on any atom is -0.457 e. The summed E-state index contributed by atoms with van der Waals surface area (Å²) < 4.78 is 44.0. The normalized spacial score (nSPS) is 15.2. The number of carbonyl (C=O) groups excluding carboxylic acids is 1. The number of benzene rings is 2. The van der Waals surface area contributed by atoms with Gasteiger partial charge in [0.2, 0.25) is 0 Å². The first kappa shape index (κ1) is 33.9. The first-order valence-corrected chi connectivity index (χ1v) is 10.4. The van der Waals surface area contributed by atoms with Gasteiger partial charge in [-0.2, -0.15) is 13.2 Å². The molecule has 1 aliphatic rings. The molecule has 0 radical (unpaired) electrons. The Morgan fingerprint density at radius 1 is 1.00 bits per heavy atom. The Kier molecular flexibility index (Phi) is 13.4. The molecule has 37 heavy (non-hydrogen) atoms. The van der Waals surface area contributed by atoms with Crippen molar-refractivity contribution in [1.82, 2.24) is 14.8 Å². The van der Waals surface area contributed by atoms with E-state index in [-0.39, 0.29) is 41.8 Å². The van der Waals surface area contributed by atoms with Crippen LogP contribution in [0.15, 0.2) is 73.1 Å². The van der Waals surface area contributed by atoms with E-state index in [0.717, 1.165) is 23.3 Å². The molecule has 13 heteroatoms. The topological polar surface area (TPSA) is 135 Å². The van der Waals surface area contributed by atoms with Crippen molar-refractivity contribution < 1.29 is 33.7 Å².